The molecule has 1 N–H and O–H groups in total. The van der Waals surface area contributed by atoms with E-state index in [0.29, 0.717) is 23.7 Å². The van der Waals surface area contributed by atoms with Gasteiger partial charge >= 0.3 is 5.97 Å². The van der Waals surface area contributed by atoms with Crippen LogP contribution in [0.15, 0.2) is 72.9 Å². The number of nitrogens with one attached hydrogen (secondary N) is 1. The zero-order valence-electron chi connectivity index (χ0n) is 13.8. The molecule has 0 aliphatic heterocycles. The first-order valence-electron chi connectivity index (χ1n) is 7.99. The molecule has 1 heterocycles. The minimum atomic E-state index is -0.260. The smallest absolute Gasteiger partial charge is 0.310 e. The van der Waals surface area contributed by atoms with Crippen LogP contribution in [0.1, 0.15) is 13.3 Å². The molecule has 5 heteroatoms. The molecule has 0 radical (unpaired) electrons. The highest BCUT2D eigenvalue weighted by atomic mass is 16.5. The molecule has 0 unspecified atom stereocenters. The van der Waals surface area contributed by atoms with Crippen LogP contribution < -0.4 is 14.8 Å². The van der Waals surface area contributed by atoms with Gasteiger partial charge in [0, 0.05) is 18.3 Å². The second-order valence-corrected chi connectivity index (χ2v) is 5.27. The second-order valence-electron chi connectivity index (χ2n) is 5.27. The molecule has 126 valence electrons. The molecule has 3 aromatic rings. The Kier molecular flexibility index (Phi) is 5.26. The number of hydrogen-bond donors (Lipinski definition) is 1. The number of esters is 1. The Morgan fingerprint density at radius 2 is 1.56 bits per heavy atom. The fourth-order valence-corrected chi connectivity index (χ4v) is 2.11. The fraction of sp³-hybridized carbons (Fsp3) is 0.100. The van der Waals surface area contributed by atoms with Crippen molar-refractivity contribution in [2.45, 2.75) is 13.3 Å². The summed E-state index contributed by atoms with van der Waals surface area (Å²) in [6.07, 6.45) is 2.08. The molecule has 1 aromatic heterocycles. The van der Waals surface area contributed by atoms with Gasteiger partial charge in [-0.3, -0.25) is 4.79 Å². The quantitative estimate of drug-likeness (QED) is 0.511. The highest BCUT2D eigenvalue weighted by molar-refractivity contribution is 5.71. The predicted molar refractivity (Wildman–Crippen MR) is 96.4 cm³/mol. The van der Waals surface area contributed by atoms with Gasteiger partial charge in [0.2, 0.25) is 0 Å². The van der Waals surface area contributed by atoms with Crippen LogP contribution in [-0.2, 0) is 4.79 Å². The molecule has 3 rings (SSSR count). The maximum atomic E-state index is 11.3. The molecule has 0 spiro atoms. The SMILES string of the molecule is CCC(=O)Oc1ccc(Oc2ccc(Nc3ccccn3)cc2)cc1. The van der Waals surface area contributed by atoms with E-state index in [-0.39, 0.29) is 5.97 Å². The van der Waals surface area contributed by atoms with Crippen molar-refractivity contribution in [3.05, 3.63) is 72.9 Å². The first-order valence-corrected chi connectivity index (χ1v) is 7.99. The number of rotatable bonds is 6. The van der Waals surface area contributed by atoms with Crippen molar-refractivity contribution in [2.24, 2.45) is 0 Å². The Labute approximate surface area is 146 Å². The summed E-state index contributed by atoms with van der Waals surface area (Å²) in [4.78, 5) is 15.5. The first-order chi connectivity index (χ1) is 12.2. The van der Waals surface area contributed by atoms with Crippen LogP contribution >= 0.6 is 0 Å². The van der Waals surface area contributed by atoms with Crippen LogP contribution in [0.5, 0.6) is 17.2 Å². The van der Waals surface area contributed by atoms with E-state index in [1.165, 1.54) is 0 Å². The monoisotopic (exact) mass is 334 g/mol. The summed E-state index contributed by atoms with van der Waals surface area (Å²) >= 11 is 0. The van der Waals surface area contributed by atoms with Crippen LogP contribution in [0.2, 0.25) is 0 Å². The highest BCUT2D eigenvalue weighted by Crippen LogP contribution is 2.26. The lowest BCUT2D eigenvalue weighted by Gasteiger charge is -2.09. The van der Waals surface area contributed by atoms with E-state index >= 15 is 0 Å². The number of anilines is 2. The van der Waals surface area contributed by atoms with E-state index in [9.17, 15) is 4.79 Å². The van der Waals surface area contributed by atoms with Crippen molar-refractivity contribution >= 4 is 17.5 Å². The minimum Gasteiger partial charge on any atom is -0.457 e. The third-order valence-electron chi connectivity index (χ3n) is 3.37. The Morgan fingerprint density at radius 3 is 2.16 bits per heavy atom. The number of nitrogens with zero attached hydrogens (tertiary/aromatic N) is 1. The maximum absolute atomic E-state index is 11.3. The van der Waals surface area contributed by atoms with Crippen molar-refractivity contribution in [3.8, 4) is 17.2 Å². The lowest BCUT2D eigenvalue weighted by atomic mass is 10.3. The van der Waals surface area contributed by atoms with Gasteiger partial charge < -0.3 is 14.8 Å². The molecule has 0 saturated carbocycles. The fourth-order valence-electron chi connectivity index (χ4n) is 2.11. The van der Waals surface area contributed by atoms with Crippen molar-refractivity contribution in [2.75, 3.05) is 5.32 Å². The van der Waals surface area contributed by atoms with Gasteiger partial charge in [0.05, 0.1) is 0 Å². The predicted octanol–water partition coefficient (Wildman–Crippen LogP) is 4.93. The van der Waals surface area contributed by atoms with E-state index in [1.807, 2.05) is 42.5 Å². The van der Waals surface area contributed by atoms with Crippen molar-refractivity contribution < 1.29 is 14.3 Å². The number of pyridine rings is 1. The van der Waals surface area contributed by atoms with E-state index in [1.54, 1.807) is 37.4 Å². The molecular weight excluding hydrogens is 316 g/mol. The zero-order chi connectivity index (χ0) is 17.5. The maximum Gasteiger partial charge on any atom is 0.310 e. The van der Waals surface area contributed by atoms with Gasteiger partial charge in [-0.05, 0) is 60.7 Å². The third-order valence-corrected chi connectivity index (χ3v) is 3.37. The van der Waals surface area contributed by atoms with Gasteiger partial charge in [-0.15, -0.1) is 0 Å². The minimum absolute atomic E-state index is 0.260. The third kappa shape index (κ3) is 4.81. The Balaban J connectivity index is 1.60. The van der Waals surface area contributed by atoms with Gasteiger partial charge in [0.25, 0.3) is 0 Å². The average molecular weight is 334 g/mol. The molecule has 0 fully saturated rings. The summed E-state index contributed by atoms with van der Waals surface area (Å²) < 4.78 is 10.9. The van der Waals surface area contributed by atoms with Crippen molar-refractivity contribution in [1.29, 1.82) is 0 Å². The standard InChI is InChI=1S/C20H18N2O3/c1-2-20(23)25-18-12-10-17(11-13-18)24-16-8-6-15(7-9-16)22-19-5-3-4-14-21-19/h3-14H,2H2,1H3,(H,21,22). The number of carbonyl (C=O) groups excluding carboxylic acids is 1. The van der Waals surface area contributed by atoms with Crippen LogP contribution in [0.4, 0.5) is 11.5 Å². The summed E-state index contributed by atoms with van der Waals surface area (Å²) in [5.74, 6) is 2.42. The normalized spacial score (nSPS) is 10.1. The van der Waals surface area contributed by atoms with E-state index < -0.39 is 0 Å². The lowest BCUT2D eigenvalue weighted by Crippen LogP contribution is -2.05. The highest BCUT2D eigenvalue weighted by Gasteiger charge is 2.03. The lowest BCUT2D eigenvalue weighted by molar-refractivity contribution is -0.134. The number of hydrogen-bond acceptors (Lipinski definition) is 5. The van der Waals surface area contributed by atoms with Gasteiger partial charge in [-0.1, -0.05) is 13.0 Å². The topological polar surface area (TPSA) is 60.5 Å². The molecule has 0 saturated heterocycles. The molecule has 5 nitrogen and oxygen atoms in total. The number of benzene rings is 2. The summed E-state index contributed by atoms with van der Waals surface area (Å²) in [6, 6.07) is 20.2. The van der Waals surface area contributed by atoms with Crippen LogP contribution in [-0.4, -0.2) is 11.0 Å². The van der Waals surface area contributed by atoms with Crippen LogP contribution in [0.3, 0.4) is 0 Å². The molecule has 0 bridgehead atoms. The summed E-state index contributed by atoms with van der Waals surface area (Å²) in [5.41, 5.74) is 0.924. The number of carbonyl (C=O) groups is 1. The zero-order valence-corrected chi connectivity index (χ0v) is 13.8. The average Bonchev–Trinajstić information content (AvgIpc) is 2.66. The van der Waals surface area contributed by atoms with E-state index in [4.69, 9.17) is 9.47 Å². The summed E-state index contributed by atoms with van der Waals surface area (Å²) in [6.45, 7) is 1.76. The Bertz CT molecular complexity index is 816. The van der Waals surface area contributed by atoms with Gasteiger partial charge in [0.1, 0.15) is 23.1 Å². The van der Waals surface area contributed by atoms with Crippen LogP contribution in [0, 0.1) is 0 Å². The molecule has 0 aliphatic carbocycles. The molecule has 0 atom stereocenters. The first kappa shape index (κ1) is 16.5. The van der Waals surface area contributed by atoms with Crippen molar-refractivity contribution in [3.63, 3.8) is 0 Å². The van der Waals surface area contributed by atoms with E-state index in [2.05, 4.69) is 10.3 Å². The summed E-state index contributed by atoms with van der Waals surface area (Å²) in [5, 5.41) is 3.21. The Hall–Kier alpha value is -3.34. The number of aromatic nitrogens is 1. The summed E-state index contributed by atoms with van der Waals surface area (Å²) in [7, 11) is 0. The molecule has 0 amide bonds. The van der Waals surface area contributed by atoms with Gasteiger partial charge in [-0.25, -0.2) is 4.98 Å². The molecular formula is C20H18N2O3. The van der Waals surface area contributed by atoms with E-state index in [0.717, 1.165) is 11.5 Å². The second kappa shape index (κ2) is 7.97. The molecule has 0 aliphatic rings. The molecule has 2 aromatic carbocycles. The van der Waals surface area contributed by atoms with Gasteiger partial charge in [0.15, 0.2) is 0 Å². The number of ether oxygens (including phenoxy) is 2. The molecule has 25 heavy (non-hydrogen) atoms. The van der Waals surface area contributed by atoms with Gasteiger partial charge in [-0.2, -0.15) is 0 Å². The van der Waals surface area contributed by atoms with Crippen molar-refractivity contribution in [1.82, 2.24) is 4.98 Å². The Morgan fingerprint density at radius 1 is 0.920 bits per heavy atom. The largest absolute Gasteiger partial charge is 0.457 e. The van der Waals surface area contributed by atoms with Crippen LogP contribution in [0.25, 0.3) is 0 Å².